The van der Waals surface area contributed by atoms with E-state index in [2.05, 4.69) is 10.5 Å². The Balaban J connectivity index is 2.21. The molecule has 0 fully saturated rings. The van der Waals surface area contributed by atoms with Crippen molar-refractivity contribution >= 4 is 40.6 Å². The maximum absolute atomic E-state index is 10.8. The van der Waals surface area contributed by atoms with E-state index in [0.717, 1.165) is 0 Å². The zero-order valence-corrected chi connectivity index (χ0v) is 13.0. The van der Waals surface area contributed by atoms with Crippen molar-refractivity contribution in [2.45, 2.75) is 6.92 Å². The topological polar surface area (TPSA) is 81.9 Å². The molecule has 0 spiro atoms. The highest BCUT2D eigenvalue weighted by Gasteiger charge is 2.10. The van der Waals surface area contributed by atoms with E-state index in [1.807, 2.05) is 0 Å². The number of phenolic OH excluding ortho intramolecular Hbond substituents is 1. The Bertz CT molecular complexity index is 743. The number of hydrogen-bond acceptors (Lipinski definition) is 4. The number of halogens is 2. The summed E-state index contributed by atoms with van der Waals surface area (Å²) in [5, 5.41) is 23.4. The van der Waals surface area contributed by atoms with Crippen LogP contribution in [0.25, 0.3) is 0 Å². The van der Waals surface area contributed by atoms with E-state index >= 15 is 0 Å². The number of carboxylic acids is 1. The molecule has 0 atom stereocenters. The second-order valence-corrected chi connectivity index (χ2v) is 5.32. The van der Waals surface area contributed by atoms with Crippen molar-refractivity contribution in [2.24, 2.45) is 5.10 Å². The van der Waals surface area contributed by atoms with Crippen LogP contribution in [0.3, 0.4) is 0 Å². The predicted octanol–water partition coefficient (Wildman–Crippen LogP) is 4.23. The molecular formula is C15H12Cl2N2O3. The molecule has 0 saturated carbocycles. The quantitative estimate of drug-likeness (QED) is 0.575. The molecule has 0 aromatic heterocycles. The third-order valence-electron chi connectivity index (χ3n) is 2.90. The Morgan fingerprint density at radius 1 is 1.18 bits per heavy atom. The molecule has 2 aromatic rings. The summed E-state index contributed by atoms with van der Waals surface area (Å²) in [6.45, 7) is 1.68. The number of nitrogens with one attached hydrogen (secondary N) is 1. The molecule has 7 heteroatoms. The van der Waals surface area contributed by atoms with Crippen molar-refractivity contribution < 1.29 is 15.0 Å². The first-order valence-electron chi connectivity index (χ1n) is 6.20. The van der Waals surface area contributed by atoms with Crippen LogP contribution in [0.5, 0.6) is 5.75 Å². The van der Waals surface area contributed by atoms with Gasteiger partial charge >= 0.3 is 5.97 Å². The molecule has 0 unspecified atom stereocenters. The van der Waals surface area contributed by atoms with Crippen LogP contribution in [0, 0.1) is 0 Å². The number of benzene rings is 2. The van der Waals surface area contributed by atoms with Gasteiger partial charge in [-0.15, -0.1) is 0 Å². The van der Waals surface area contributed by atoms with Gasteiger partial charge in [-0.2, -0.15) is 5.10 Å². The van der Waals surface area contributed by atoms with E-state index < -0.39 is 5.97 Å². The Hall–Kier alpha value is -2.24. The zero-order chi connectivity index (χ0) is 16.3. The Kier molecular flexibility index (Phi) is 4.90. The number of rotatable bonds is 4. The number of hydrogen-bond donors (Lipinski definition) is 3. The smallest absolute Gasteiger partial charge is 0.335 e. The highest BCUT2D eigenvalue weighted by Crippen LogP contribution is 2.31. The van der Waals surface area contributed by atoms with E-state index in [0.29, 0.717) is 22.0 Å². The molecule has 2 aromatic carbocycles. The van der Waals surface area contributed by atoms with Gasteiger partial charge in [0.15, 0.2) is 0 Å². The minimum absolute atomic E-state index is 0.102. The fraction of sp³-hybridized carbons (Fsp3) is 0.0667. The largest absolute Gasteiger partial charge is 0.506 e. The van der Waals surface area contributed by atoms with E-state index in [-0.39, 0.29) is 16.3 Å². The molecular weight excluding hydrogens is 327 g/mol. The van der Waals surface area contributed by atoms with Gasteiger partial charge in [-0.1, -0.05) is 23.2 Å². The lowest BCUT2D eigenvalue weighted by Crippen LogP contribution is -2.01. The first-order valence-corrected chi connectivity index (χ1v) is 6.96. The SMILES string of the molecule is C/C(=N\Nc1ccc(C(=O)O)cc1)c1cc(Cl)cc(Cl)c1O. The molecule has 22 heavy (non-hydrogen) atoms. The number of hydrazone groups is 1. The van der Waals surface area contributed by atoms with Gasteiger partial charge in [0, 0.05) is 10.6 Å². The first kappa shape index (κ1) is 16.1. The third-order valence-corrected chi connectivity index (χ3v) is 3.41. The second kappa shape index (κ2) is 6.68. The summed E-state index contributed by atoms with van der Waals surface area (Å²) in [6, 6.07) is 9.09. The molecule has 0 saturated heterocycles. The number of carbonyl (C=O) groups is 1. The van der Waals surface area contributed by atoms with E-state index in [4.69, 9.17) is 28.3 Å². The van der Waals surface area contributed by atoms with Gasteiger partial charge in [-0.3, -0.25) is 5.43 Å². The lowest BCUT2D eigenvalue weighted by molar-refractivity contribution is 0.0697. The molecule has 0 aliphatic rings. The average Bonchev–Trinajstić information content (AvgIpc) is 2.48. The van der Waals surface area contributed by atoms with Crippen LogP contribution in [0.1, 0.15) is 22.8 Å². The summed E-state index contributed by atoms with van der Waals surface area (Å²) in [5.41, 5.74) is 4.45. The molecule has 0 bridgehead atoms. The molecule has 5 nitrogen and oxygen atoms in total. The number of aromatic carboxylic acids is 1. The van der Waals surface area contributed by atoms with Crippen LogP contribution >= 0.6 is 23.2 Å². The molecule has 2 rings (SSSR count). The fourth-order valence-electron chi connectivity index (χ4n) is 1.74. The number of carboxylic acid groups (broad SMARTS) is 1. The van der Waals surface area contributed by atoms with Crippen molar-refractivity contribution in [1.29, 1.82) is 0 Å². The number of phenols is 1. The van der Waals surface area contributed by atoms with Crippen molar-refractivity contribution in [1.82, 2.24) is 0 Å². The van der Waals surface area contributed by atoms with Crippen LogP contribution in [-0.2, 0) is 0 Å². The molecule has 0 radical (unpaired) electrons. The summed E-state index contributed by atoms with van der Waals surface area (Å²) in [5.74, 6) is -1.10. The van der Waals surface area contributed by atoms with Gasteiger partial charge < -0.3 is 10.2 Å². The molecule has 114 valence electrons. The molecule has 0 amide bonds. The minimum atomic E-state index is -0.996. The monoisotopic (exact) mass is 338 g/mol. The van der Waals surface area contributed by atoms with Gasteiger partial charge in [-0.05, 0) is 43.3 Å². The number of aromatic hydroxyl groups is 1. The highest BCUT2D eigenvalue weighted by molar-refractivity contribution is 6.36. The molecule has 0 heterocycles. The van der Waals surface area contributed by atoms with E-state index in [1.165, 1.54) is 18.2 Å². The van der Waals surface area contributed by atoms with Crippen molar-refractivity contribution in [3.63, 3.8) is 0 Å². The van der Waals surface area contributed by atoms with Gasteiger partial charge in [0.1, 0.15) is 5.75 Å². The van der Waals surface area contributed by atoms with Crippen LogP contribution in [0.2, 0.25) is 10.0 Å². The second-order valence-electron chi connectivity index (χ2n) is 4.48. The summed E-state index contributed by atoms with van der Waals surface area (Å²) in [4.78, 5) is 10.8. The summed E-state index contributed by atoms with van der Waals surface area (Å²) in [7, 11) is 0. The lowest BCUT2D eigenvalue weighted by atomic mass is 10.1. The Labute approximate surface area is 136 Å². The third kappa shape index (κ3) is 3.69. The van der Waals surface area contributed by atoms with Crippen molar-refractivity contribution in [2.75, 3.05) is 5.43 Å². The predicted molar refractivity (Wildman–Crippen MR) is 87.4 cm³/mol. The number of nitrogens with zero attached hydrogens (tertiary/aromatic N) is 1. The fourth-order valence-corrected chi connectivity index (χ4v) is 2.23. The molecule has 0 aliphatic heterocycles. The summed E-state index contributed by atoms with van der Waals surface area (Å²) in [6.07, 6.45) is 0. The summed E-state index contributed by atoms with van der Waals surface area (Å²) >= 11 is 11.8. The van der Waals surface area contributed by atoms with Gasteiger partial charge in [0.2, 0.25) is 0 Å². The van der Waals surface area contributed by atoms with Crippen molar-refractivity contribution in [3.8, 4) is 5.75 Å². The number of anilines is 1. The highest BCUT2D eigenvalue weighted by atomic mass is 35.5. The van der Waals surface area contributed by atoms with Crippen LogP contribution in [0.15, 0.2) is 41.5 Å². The van der Waals surface area contributed by atoms with Crippen LogP contribution in [-0.4, -0.2) is 21.9 Å². The van der Waals surface area contributed by atoms with Crippen LogP contribution in [0.4, 0.5) is 5.69 Å². The van der Waals surface area contributed by atoms with Crippen molar-refractivity contribution in [3.05, 3.63) is 57.6 Å². The van der Waals surface area contributed by atoms with E-state index in [1.54, 1.807) is 25.1 Å². The maximum Gasteiger partial charge on any atom is 0.335 e. The molecule has 3 N–H and O–H groups in total. The van der Waals surface area contributed by atoms with Gasteiger partial charge in [0.05, 0.1) is 22.0 Å². The molecule has 0 aliphatic carbocycles. The van der Waals surface area contributed by atoms with Crippen LogP contribution < -0.4 is 5.43 Å². The Morgan fingerprint density at radius 2 is 1.82 bits per heavy atom. The standard InChI is InChI=1S/C15H12Cl2N2O3/c1-8(12-6-10(16)7-13(17)14(12)20)18-19-11-4-2-9(3-5-11)15(21)22/h2-7,19-20H,1H3,(H,21,22)/b18-8+. The Morgan fingerprint density at radius 3 is 2.41 bits per heavy atom. The zero-order valence-electron chi connectivity index (χ0n) is 11.5. The maximum atomic E-state index is 10.8. The van der Waals surface area contributed by atoms with Gasteiger partial charge in [0.25, 0.3) is 0 Å². The lowest BCUT2D eigenvalue weighted by Gasteiger charge is -2.08. The summed E-state index contributed by atoms with van der Waals surface area (Å²) < 4.78 is 0. The average molecular weight is 339 g/mol. The first-order chi connectivity index (χ1) is 10.4. The van der Waals surface area contributed by atoms with Gasteiger partial charge in [-0.25, -0.2) is 4.79 Å². The normalized spacial score (nSPS) is 11.3. The van der Waals surface area contributed by atoms with E-state index in [9.17, 15) is 9.90 Å². The minimum Gasteiger partial charge on any atom is -0.506 e.